The van der Waals surface area contributed by atoms with Crippen molar-refractivity contribution in [3.63, 3.8) is 0 Å². The molecule has 0 saturated heterocycles. The summed E-state index contributed by atoms with van der Waals surface area (Å²) in [5, 5.41) is 48.6. The van der Waals surface area contributed by atoms with Crippen LogP contribution in [0.15, 0.2) is 77.9 Å². The molecular formula is C33H34N6O11S2. The highest BCUT2D eigenvalue weighted by Gasteiger charge is 2.02. The van der Waals surface area contributed by atoms with Gasteiger partial charge in [0.15, 0.2) is 22.8 Å². The predicted octanol–water partition coefficient (Wildman–Crippen LogP) is 2.04. The molecule has 274 valence electrons. The third kappa shape index (κ3) is 20.4. The maximum absolute atomic E-state index is 10.8. The molecule has 0 aromatic heterocycles. The predicted molar refractivity (Wildman–Crippen MR) is 201 cm³/mol. The van der Waals surface area contributed by atoms with Crippen LogP contribution >= 0.6 is 24.4 Å². The molecule has 0 saturated carbocycles. The highest BCUT2D eigenvalue weighted by molar-refractivity contribution is 7.80. The molecule has 3 aromatic rings. The normalized spacial score (nSPS) is 10.1. The third-order valence-electron chi connectivity index (χ3n) is 5.38. The maximum atomic E-state index is 10.8. The van der Waals surface area contributed by atoms with E-state index in [0.717, 1.165) is 12.2 Å². The number of carbonyl (C=O) groups excluding carboxylic acids is 3. The van der Waals surface area contributed by atoms with E-state index in [2.05, 4.69) is 45.5 Å². The lowest BCUT2D eigenvalue weighted by atomic mass is 10.1. The number of aldehydes is 2. The Kier molecular flexibility index (Phi) is 21.7. The van der Waals surface area contributed by atoms with Crippen molar-refractivity contribution in [1.29, 1.82) is 0 Å². The number of nitrogens with one attached hydrogen (secondary N) is 2. The number of hydrogen-bond acceptors (Lipinski definition) is 13. The van der Waals surface area contributed by atoms with E-state index >= 15 is 0 Å². The molecule has 0 unspecified atom stereocenters. The highest BCUT2D eigenvalue weighted by atomic mass is 32.1. The zero-order valence-corrected chi connectivity index (χ0v) is 28.7. The molecule has 52 heavy (non-hydrogen) atoms. The van der Waals surface area contributed by atoms with Crippen LogP contribution in [-0.2, 0) is 19.1 Å². The standard InChI is InChI=1S/C11H11N3O3S.C11H10O4.C10H8O4.CH5N3S/c12-11(18)14-13-6-8-5-7(1-3-9(8)15)2-4-10(16)17;1-15-11(14)5-3-8-2-4-10(13)9(6-8)7-12;11-6-8-5-7(1-3-9(8)12)2-4-10(13)14;2-1(5)4-3/h1-6,15H,(H,16,17)(H3,12,14,18);2-7,13H,1H3;1-6,12H,(H,13,14);3H2,(H3,2,4,5)/b4-2+,13-6+;5-3+;4-2+;. The fourth-order valence-corrected chi connectivity index (χ4v) is 3.11. The summed E-state index contributed by atoms with van der Waals surface area (Å²) >= 11 is 8.79. The van der Waals surface area contributed by atoms with Gasteiger partial charge in [-0.3, -0.25) is 15.0 Å². The lowest BCUT2D eigenvalue weighted by Gasteiger charge is -2.01. The van der Waals surface area contributed by atoms with E-state index in [1.165, 1.54) is 74.0 Å². The third-order valence-corrected chi connectivity index (χ3v) is 5.59. The number of aliphatic carboxylic acids is 2. The summed E-state index contributed by atoms with van der Waals surface area (Å²) in [6, 6.07) is 13.3. The van der Waals surface area contributed by atoms with Crippen LogP contribution in [0.2, 0.25) is 0 Å². The number of phenols is 3. The minimum Gasteiger partial charge on any atom is -0.507 e. The van der Waals surface area contributed by atoms with Gasteiger partial charge in [0.2, 0.25) is 0 Å². The summed E-state index contributed by atoms with van der Waals surface area (Å²) < 4.78 is 4.41. The van der Waals surface area contributed by atoms with Crippen molar-refractivity contribution in [1.82, 2.24) is 10.9 Å². The summed E-state index contributed by atoms with van der Waals surface area (Å²) in [4.78, 5) is 52.3. The van der Waals surface area contributed by atoms with Crippen molar-refractivity contribution in [3.8, 4) is 17.2 Å². The Bertz CT molecular complexity index is 1860. The van der Waals surface area contributed by atoms with Crippen LogP contribution in [0, 0.1) is 0 Å². The Hall–Kier alpha value is -6.96. The van der Waals surface area contributed by atoms with Crippen LogP contribution in [0.1, 0.15) is 43.0 Å². The second kappa shape index (κ2) is 25.1. The molecule has 19 heteroatoms. The molecule has 0 aliphatic rings. The zero-order chi connectivity index (χ0) is 39.6. The minimum absolute atomic E-state index is 0.00710. The molecule has 0 heterocycles. The number of nitrogens with two attached hydrogens (primary N) is 3. The smallest absolute Gasteiger partial charge is 0.330 e. The second-order valence-electron chi connectivity index (χ2n) is 9.13. The number of carboxylic acids is 2. The van der Waals surface area contributed by atoms with Crippen LogP contribution in [0.25, 0.3) is 18.2 Å². The van der Waals surface area contributed by atoms with E-state index in [1.54, 1.807) is 18.2 Å². The number of carbonyl (C=O) groups is 5. The van der Waals surface area contributed by atoms with Gasteiger partial charge in [-0.05, 0) is 95.8 Å². The molecule has 17 nitrogen and oxygen atoms in total. The van der Waals surface area contributed by atoms with Crippen LogP contribution in [0.3, 0.4) is 0 Å². The summed E-state index contributed by atoms with van der Waals surface area (Å²) in [6.07, 6.45) is 9.82. The molecule has 0 aliphatic heterocycles. The quantitative estimate of drug-likeness (QED) is 0.0269. The molecule has 3 aromatic carbocycles. The summed E-state index contributed by atoms with van der Waals surface area (Å²) in [5.74, 6) is 1.88. The van der Waals surface area contributed by atoms with E-state index in [1.807, 2.05) is 5.43 Å². The zero-order valence-electron chi connectivity index (χ0n) is 27.1. The molecule has 3 rings (SSSR count). The van der Waals surface area contributed by atoms with Gasteiger partial charge in [-0.25, -0.2) is 20.2 Å². The number of carboxylic acid groups (broad SMARTS) is 2. The number of aromatic hydroxyl groups is 3. The molecule has 13 N–H and O–H groups in total. The molecule has 0 fully saturated rings. The summed E-state index contributed by atoms with van der Waals surface area (Å²) in [5.41, 5.74) is 16.9. The van der Waals surface area contributed by atoms with E-state index in [9.17, 15) is 34.2 Å². The molecule has 0 spiro atoms. The van der Waals surface area contributed by atoms with Crippen LogP contribution in [0.5, 0.6) is 17.2 Å². The Morgan fingerprint density at radius 3 is 1.38 bits per heavy atom. The average molecular weight is 755 g/mol. The molecule has 0 radical (unpaired) electrons. The Morgan fingerprint density at radius 2 is 1.06 bits per heavy atom. The highest BCUT2D eigenvalue weighted by Crippen LogP contribution is 2.19. The summed E-state index contributed by atoms with van der Waals surface area (Å²) in [7, 11) is 1.28. The van der Waals surface area contributed by atoms with Crippen LogP contribution < -0.4 is 28.2 Å². The van der Waals surface area contributed by atoms with Gasteiger partial charge < -0.3 is 47.2 Å². The molecule has 0 aliphatic carbocycles. The lowest BCUT2D eigenvalue weighted by molar-refractivity contribution is -0.135. The van der Waals surface area contributed by atoms with Gasteiger partial charge in [0.1, 0.15) is 17.2 Å². The molecule has 0 atom stereocenters. The van der Waals surface area contributed by atoms with Crippen molar-refractivity contribution in [3.05, 3.63) is 106 Å². The van der Waals surface area contributed by atoms with Gasteiger partial charge in [-0.2, -0.15) is 5.10 Å². The van der Waals surface area contributed by atoms with Gasteiger partial charge in [-0.15, -0.1) is 0 Å². The Labute approximate surface area is 307 Å². The largest absolute Gasteiger partial charge is 0.507 e. The molecule has 0 amide bonds. The number of hydrogen-bond donors (Lipinski definition) is 10. The number of phenolic OH excluding ortho intramolecular Hbond substituents is 3. The first-order valence-electron chi connectivity index (χ1n) is 13.9. The van der Waals surface area contributed by atoms with E-state index in [0.29, 0.717) is 34.8 Å². The number of ether oxygens (including phenoxy) is 1. The number of rotatable bonds is 10. The Morgan fingerprint density at radius 1 is 0.692 bits per heavy atom. The van der Waals surface area contributed by atoms with Crippen molar-refractivity contribution in [2.45, 2.75) is 0 Å². The van der Waals surface area contributed by atoms with Crippen molar-refractivity contribution in [2.24, 2.45) is 22.4 Å². The average Bonchev–Trinajstić information content (AvgIpc) is 3.11. The van der Waals surface area contributed by atoms with Gasteiger partial charge in [0.05, 0.1) is 24.5 Å². The first kappa shape index (κ1) is 45.0. The van der Waals surface area contributed by atoms with E-state index in [-0.39, 0.29) is 38.6 Å². The number of benzene rings is 3. The fraction of sp³-hybridized carbons (Fsp3) is 0.0303. The van der Waals surface area contributed by atoms with Crippen LogP contribution in [-0.4, -0.2) is 79.6 Å². The number of nitrogens with zero attached hydrogens (tertiary/aromatic N) is 1. The molecule has 0 bridgehead atoms. The minimum atomic E-state index is -1.06. The van der Waals surface area contributed by atoms with Gasteiger partial charge >= 0.3 is 17.9 Å². The Balaban J connectivity index is 0.000000708. The first-order chi connectivity index (χ1) is 24.6. The van der Waals surface area contributed by atoms with Gasteiger partial charge in [-0.1, -0.05) is 18.2 Å². The fourth-order valence-electron chi connectivity index (χ4n) is 3.05. The topological polar surface area (TPSA) is 310 Å². The number of esters is 1. The monoisotopic (exact) mass is 754 g/mol. The number of hydrazone groups is 1. The number of hydrazine groups is 1. The number of thiocarbonyl (C=S) groups is 2. The lowest BCUT2D eigenvalue weighted by Crippen LogP contribution is -2.34. The van der Waals surface area contributed by atoms with Gasteiger partial charge in [0, 0.05) is 23.8 Å². The van der Waals surface area contributed by atoms with E-state index in [4.69, 9.17) is 26.8 Å². The van der Waals surface area contributed by atoms with Crippen LogP contribution in [0.4, 0.5) is 0 Å². The molecular weight excluding hydrogens is 721 g/mol. The number of methoxy groups -OCH3 is 1. The van der Waals surface area contributed by atoms with E-state index < -0.39 is 17.9 Å². The first-order valence-corrected chi connectivity index (χ1v) is 14.7. The summed E-state index contributed by atoms with van der Waals surface area (Å²) in [6.45, 7) is 0. The van der Waals surface area contributed by atoms with Gasteiger partial charge in [0.25, 0.3) is 0 Å². The maximum Gasteiger partial charge on any atom is 0.330 e. The SMILES string of the molecule is COC(=O)/C=C/c1ccc(O)c(C=O)c1.NC(=S)N/N=C/c1cc(/C=C/C(=O)O)ccc1O.NNC(N)=S.O=Cc1cc(/C=C/C(=O)O)ccc1O. The van der Waals surface area contributed by atoms with Crippen molar-refractivity contribution >= 4 is 89.6 Å². The van der Waals surface area contributed by atoms with Crippen molar-refractivity contribution in [2.75, 3.05) is 7.11 Å². The second-order valence-corrected chi connectivity index (χ2v) is 10.0. The van der Waals surface area contributed by atoms with Crippen molar-refractivity contribution < 1.29 is 54.2 Å².